The molecule has 0 unspecified atom stereocenters. The van der Waals surface area contributed by atoms with E-state index < -0.39 is 23.6 Å². The van der Waals surface area contributed by atoms with E-state index in [-0.39, 0.29) is 23.2 Å². The Bertz CT molecular complexity index is 1740. The van der Waals surface area contributed by atoms with Crippen LogP contribution in [0.3, 0.4) is 0 Å². The molecule has 0 aliphatic carbocycles. The van der Waals surface area contributed by atoms with Gasteiger partial charge in [0.2, 0.25) is 5.82 Å². The van der Waals surface area contributed by atoms with Gasteiger partial charge in [0.1, 0.15) is 5.82 Å². The molecule has 8 nitrogen and oxygen atoms in total. The van der Waals surface area contributed by atoms with Crippen LogP contribution in [0.2, 0.25) is 5.02 Å². The normalized spacial score (nSPS) is 22.3. The Balaban J connectivity index is 1.07. The summed E-state index contributed by atoms with van der Waals surface area (Å²) >= 11 is 5.97. The van der Waals surface area contributed by atoms with Gasteiger partial charge < -0.3 is 14.2 Å². The Morgan fingerprint density at radius 3 is 2.59 bits per heavy atom. The minimum absolute atomic E-state index is 0.0401. The van der Waals surface area contributed by atoms with E-state index in [0.29, 0.717) is 41.8 Å². The van der Waals surface area contributed by atoms with Gasteiger partial charge in [0.05, 0.1) is 17.9 Å². The first-order chi connectivity index (χ1) is 22.1. The summed E-state index contributed by atoms with van der Waals surface area (Å²) in [7, 11) is 0. The van der Waals surface area contributed by atoms with Gasteiger partial charge >= 0.3 is 6.18 Å². The number of pyridine rings is 1. The minimum atomic E-state index is -4.61. The maximum absolute atomic E-state index is 14.8. The third kappa shape index (κ3) is 6.05. The molecule has 4 aromatic rings. The van der Waals surface area contributed by atoms with Gasteiger partial charge in [0.15, 0.2) is 17.3 Å². The van der Waals surface area contributed by atoms with Crippen LogP contribution in [0.1, 0.15) is 72.7 Å². The molecule has 5 heterocycles. The zero-order chi connectivity index (χ0) is 32.1. The van der Waals surface area contributed by atoms with Crippen molar-refractivity contribution in [2.24, 2.45) is 0 Å². The van der Waals surface area contributed by atoms with Crippen LogP contribution in [-0.4, -0.2) is 51.4 Å². The highest BCUT2D eigenvalue weighted by molar-refractivity contribution is 6.30. The van der Waals surface area contributed by atoms with E-state index >= 15 is 0 Å². The van der Waals surface area contributed by atoms with Gasteiger partial charge in [-0.1, -0.05) is 23.7 Å². The van der Waals surface area contributed by atoms with E-state index in [9.17, 15) is 17.6 Å². The number of nitrogens with one attached hydrogen (secondary N) is 1. The van der Waals surface area contributed by atoms with Crippen LogP contribution < -0.4 is 9.47 Å². The van der Waals surface area contributed by atoms with Crippen molar-refractivity contribution in [3.05, 3.63) is 87.7 Å². The molecule has 2 aromatic carbocycles. The molecule has 242 valence electrons. The van der Waals surface area contributed by atoms with Gasteiger partial charge in [0, 0.05) is 48.3 Å². The van der Waals surface area contributed by atoms with Crippen molar-refractivity contribution in [3.8, 4) is 22.9 Å². The standard InChI is InChI=1S/C33H32ClF4N5O3/c1-32(25-8-7-22(34)15-26(25)35)45-28-6-2-5-23(29(28)46-32)19-9-11-43(12-10-19)17-27-24(20-4-3-13-44-18-20)14-21(16-39-27)30-40-31(42-41-30)33(36,37)38/h2,5-8,14-16,19-20H,3-4,9-13,17-18H2,1H3,(H,40,41,42)/t20-,32+/m0/s1. The van der Waals surface area contributed by atoms with Crippen molar-refractivity contribution < 1.29 is 31.8 Å². The Morgan fingerprint density at radius 1 is 1.04 bits per heavy atom. The summed E-state index contributed by atoms with van der Waals surface area (Å²) in [6.07, 6.45) is 0.464. The Kier molecular flexibility index (Phi) is 8.14. The highest BCUT2D eigenvalue weighted by atomic mass is 35.5. The van der Waals surface area contributed by atoms with Crippen molar-refractivity contribution >= 4 is 11.6 Å². The molecule has 0 spiro atoms. The Hall–Kier alpha value is -3.74. The van der Waals surface area contributed by atoms with Crippen molar-refractivity contribution in [1.82, 2.24) is 25.1 Å². The van der Waals surface area contributed by atoms with E-state index in [2.05, 4.69) is 15.0 Å². The molecule has 0 amide bonds. The predicted octanol–water partition coefficient (Wildman–Crippen LogP) is 7.60. The smallest absolute Gasteiger partial charge is 0.444 e. The van der Waals surface area contributed by atoms with E-state index in [1.807, 2.05) is 29.4 Å². The lowest BCUT2D eigenvalue weighted by Gasteiger charge is -2.33. The SMILES string of the molecule is C[C@@]1(c2ccc(Cl)cc2F)Oc2cccc(C3CCN(Cc4ncc(-c5n[nH]c(C(F)(F)F)n5)cc4[C@H]4CCCOC4)CC3)c2O1. The number of halogens is 5. The first kappa shape index (κ1) is 30.9. The van der Waals surface area contributed by atoms with E-state index in [1.54, 1.807) is 25.3 Å². The Labute approximate surface area is 268 Å². The molecule has 0 bridgehead atoms. The summed E-state index contributed by atoms with van der Waals surface area (Å²) in [5.41, 5.74) is 3.57. The fourth-order valence-corrected chi connectivity index (χ4v) is 6.83. The van der Waals surface area contributed by atoms with Gasteiger partial charge in [-0.3, -0.25) is 15.0 Å². The molecule has 2 saturated heterocycles. The number of fused-ring (bicyclic) bond motifs is 1. The number of H-pyrrole nitrogens is 1. The average molecular weight is 658 g/mol. The lowest BCUT2D eigenvalue weighted by Crippen LogP contribution is -2.34. The molecule has 7 rings (SSSR count). The molecular weight excluding hydrogens is 626 g/mol. The summed E-state index contributed by atoms with van der Waals surface area (Å²) in [6, 6.07) is 12.1. The first-order valence-corrected chi connectivity index (χ1v) is 15.7. The number of aromatic amines is 1. The number of hydrogen-bond acceptors (Lipinski definition) is 7. The Morgan fingerprint density at radius 2 is 1.87 bits per heavy atom. The first-order valence-electron chi connectivity index (χ1n) is 15.3. The largest absolute Gasteiger partial charge is 0.451 e. The molecule has 2 atom stereocenters. The fourth-order valence-electron chi connectivity index (χ4n) is 6.67. The molecule has 3 aliphatic rings. The molecule has 3 aliphatic heterocycles. The van der Waals surface area contributed by atoms with Crippen molar-refractivity contribution in [1.29, 1.82) is 0 Å². The van der Waals surface area contributed by atoms with Gasteiger partial charge in [-0.25, -0.2) is 9.37 Å². The predicted molar refractivity (Wildman–Crippen MR) is 161 cm³/mol. The number of piperidine rings is 1. The number of benzene rings is 2. The monoisotopic (exact) mass is 657 g/mol. The minimum Gasteiger partial charge on any atom is -0.444 e. The number of likely N-dealkylation sites (tertiary alicyclic amines) is 1. The average Bonchev–Trinajstić information content (AvgIpc) is 3.68. The van der Waals surface area contributed by atoms with Crippen LogP contribution in [0.25, 0.3) is 11.4 Å². The second-order valence-corrected chi connectivity index (χ2v) is 12.6. The highest BCUT2D eigenvalue weighted by Gasteiger charge is 2.43. The summed E-state index contributed by atoms with van der Waals surface area (Å²) in [4.78, 5) is 10.7. The van der Waals surface area contributed by atoms with Crippen LogP contribution in [-0.2, 0) is 23.2 Å². The third-order valence-electron chi connectivity index (χ3n) is 9.05. The summed E-state index contributed by atoms with van der Waals surface area (Å²) < 4.78 is 72.5. The number of ether oxygens (including phenoxy) is 3. The fraction of sp³-hybridized carbons (Fsp3) is 0.424. The molecule has 1 N–H and O–H groups in total. The van der Waals surface area contributed by atoms with Crippen LogP contribution >= 0.6 is 11.6 Å². The second kappa shape index (κ2) is 12.1. The third-order valence-corrected chi connectivity index (χ3v) is 9.28. The van der Waals surface area contributed by atoms with Gasteiger partial charge in [-0.05, 0) is 80.6 Å². The molecule has 0 radical (unpaired) electrons. The maximum atomic E-state index is 14.8. The maximum Gasteiger partial charge on any atom is 0.451 e. The molecule has 46 heavy (non-hydrogen) atoms. The number of para-hydroxylation sites is 1. The van der Waals surface area contributed by atoms with E-state index in [1.165, 1.54) is 6.07 Å². The number of aromatic nitrogens is 4. The van der Waals surface area contributed by atoms with Gasteiger partial charge in [-0.2, -0.15) is 18.3 Å². The number of hydrogen-bond donors (Lipinski definition) is 1. The van der Waals surface area contributed by atoms with Gasteiger partial charge in [-0.15, -0.1) is 0 Å². The number of nitrogens with zero attached hydrogens (tertiary/aromatic N) is 4. The summed E-state index contributed by atoms with van der Waals surface area (Å²) in [5.74, 6) is -1.48. The highest BCUT2D eigenvalue weighted by Crippen LogP contribution is 2.50. The molecular formula is C33H32ClF4N5O3. The lowest BCUT2D eigenvalue weighted by atomic mass is 9.88. The van der Waals surface area contributed by atoms with Crippen LogP contribution in [0, 0.1) is 5.82 Å². The van der Waals surface area contributed by atoms with Crippen molar-refractivity contribution in [2.75, 3.05) is 26.3 Å². The molecule has 0 saturated carbocycles. The quantitative estimate of drug-likeness (QED) is 0.214. The topological polar surface area (TPSA) is 85.4 Å². The molecule has 2 aromatic heterocycles. The zero-order valence-corrected chi connectivity index (χ0v) is 25.8. The van der Waals surface area contributed by atoms with Gasteiger partial charge in [0.25, 0.3) is 5.79 Å². The zero-order valence-electron chi connectivity index (χ0n) is 25.0. The van der Waals surface area contributed by atoms with Crippen LogP contribution in [0.4, 0.5) is 17.6 Å². The van der Waals surface area contributed by atoms with Crippen molar-refractivity contribution in [3.63, 3.8) is 0 Å². The van der Waals surface area contributed by atoms with Crippen LogP contribution in [0.5, 0.6) is 11.5 Å². The van der Waals surface area contributed by atoms with Crippen LogP contribution in [0.15, 0.2) is 48.7 Å². The van der Waals surface area contributed by atoms with E-state index in [0.717, 1.165) is 55.6 Å². The molecule has 13 heteroatoms. The molecule has 2 fully saturated rings. The second-order valence-electron chi connectivity index (χ2n) is 12.2. The number of rotatable bonds is 6. The lowest BCUT2D eigenvalue weighted by molar-refractivity contribution is -0.144. The van der Waals surface area contributed by atoms with E-state index in [4.69, 9.17) is 30.8 Å². The number of alkyl halides is 3. The summed E-state index contributed by atoms with van der Waals surface area (Å²) in [6.45, 7) is 5.13. The summed E-state index contributed by atoms with van der Waals surface area (Å²) in [5, 5.41) is 6.09. The van der Waals surface area contributed by atoms with Crippen molar-refractivity contribution in [2.45, 2.75) is 63.0 Å².